The number of amides is 1. The number of nitrogens with zero attached hydrogens (tertiary/aromatic N) is 3. The zero-order valence-corrected chi connectivity index (χ0v) is 14.3. The van der Waals surface area contributed by atoms with Gasteiger partial charge >= 0.3 is 5.69 Å². The van der Waals surface area contributed by atoms with Crippen molar-refractivity contribution >= 4 is 11.6 Å². The van der Waals surface area contributed by atoms with Gasteiger partial charge in [-0.05, 0) is 37.6 Å². The molecule has 132 valence electrons. The number of aryl methyl sites for hydroxylation is 1. The zero-order chi connectivity index (χ0) is 18.7. The maximum absolute atomic E-state index is 13.2. The Morgan fingerprint density at radius 3 is 2.58 bits per heavy atom. The summed E-state index contributed by atoms with van der Waals surface area (Å²) < 4.78 is 14.2. The molecule has 1 atom stereocenters. The van der Waals surface area contributed by atoms with Crippen molar-refractivity contribution < 1.29 is 9.18 Å². The number of rotatable bonds is 4. The maximum Gasteiger partial charge on any atom is 0.365 e. The van der Waals surface area contributed by atoms with E-state index in [0.29, 0.717) is 16.9 Å². The van der Waals surface area contributed by atoms with Crippen LogP contribution in [0.1, 0.15) is 18.5 Å². The number of anilines is 1. The van der Waals surface area contributed by atoms with Crippen LogP contribution in [0.15, 0.2) is 59.5 Å². The minimum Gasteiger partial charge on any atom is -0.324 e. The minimum absolute atomic E-state index is 0.382. The fourth-order valence-electron chi connectivity index (χ4n) is 2.48. The van der Waals surface area contributed by atoms with E-state index in [0.717, 1.165) is 10.2 Å². The molecule has 0 bridgehead atoms. The SMILES string of the molecule is Cc1cc(F)ccc1NC(=O)C(C)n1ncc(-c2ccccc2)nc1=O. The number of carbonyl (C=O) groups is 1. The van der Waals surface area contributed by atoms with Crippen LogP contribution in [0.2, 0.25) is 0 Å². The Labute approximate surface area is 149 Å². The Bertz CT molecular complexity index is 1000. The van der Waals surface area contributed by atoms with E-state index < -0.39 is 17.6 Å². The van der Waals surface area contributed by atoms with E-state index in [1.54, 1.807) is 13.8 Å². The van der Waals surface area contributed by atoms with E-state index in [1.165, 1.54) is 24.4 Å². The molecule has 6 nitrogen and oxygen atoms in total. The van der Waals surface area contributed by atoms with Gasteiger partial charge in [0, 0.05) is 11.3 Å². The number of nitrogens with one attached hydrogen (secondary N) is 1. The third kappa shape index (κ3) is 3.66. The predicted molar refractivity (Wildman–Crippen MR) is 96.2 cm³/mol. The van der Waals surface area contributed by atoms with E-state index >= 15 is 0 Å². The van der Waals surface area contributed by atoms with Crippen molar-refractivity contribution in [2.75, 3.05) is 5.32 Å². The van der Waals surface area contributed by atoms with Crippen LogP contribution in [-0.2, 0) is 4.79 Å². The summed E-state index contributed by atoms with van der Waals surface area (Å²) in [5.41, 5.74) is 1.65. The molecule has 1 N–H and O–H groups in total. The van der Waals surface area contributed by atoms with Gasteiger partial charge in [0.05, 0.1) is 11.9 Å². The van der Waals surface area contributed by atoms with E-state index in [9.17, 15) is 14.0 Å². The monoisotopic (exact) mass is 352 g/mol. The standard InChI is InChI=1S/C19H17FN4O2/c1-12-10-15(20)8-9-16(12)22-18(25)13(2)24-19(26)23-17(11-21-24)14-6-4-3-5-7-14/h3-11,13H,1-2H3,(H,22,25). The highest BCUT2D eigenvalue weighted by Crippen LogP contribution is 2.18. The number of halogens is 1. The lowest BCUT2D eigenvalue weighted by molar-refractivity contribution is -0.119. The van der Waals surface area contributed by atoms with Gasteiger partial charge < -0.3 is 5.32 Å². The highest BCUT2D eigenvalue weighted by molar-refractivity contribution is 5.94. The molecule has 1 unspecified atom stereocenters. The molecule has 1 amide bonds. The number of hydrogen-bond acceptors (Lipinski definition) is 4. The summed E-state index contributed by atoms with van der Waals surface area (Å²) in [5.74, 6) is -0.823. The summed E-state index contributed by atoms with van der Waals surface area (Å²) in [7, 11) is 0. The largest absolute Gasteiger partial charge is 0.365 e. The van der Waals surface area contributed by atoms with Gasteiger partial charge in [0.1, 0.15) is 11.9 Å². The van der Waals surface area contributed by atoms with Crippen molar-refractivity contribution in [2.45, 2.75) is 19.9 Å². The minimum atomic E-state index is -0.871. The molecule has 1 heterocycles. The molecule has 0 aliphatic heterocycles. The number of benzene rings is 2. The van der Waals surface area contributed by atoms with Crippen LogP contribution in [0.4, 0.5) is 10.1 Å². The van der Waals surface area contributed by atoms with Gasteiger partial charge in [0.2, 0.25) is 5.91 Å². The summed E-state index contributed by atoms with van der Waals surface area (Å²) in [6.07, 6.45) is 1.45. The van der Waals surface area contributed by atoms with Gasteiger partial charge in [0.25, 0.3) is 0 Å². The van der Waals surface area contributed by atoms with E-state index in [1.807, 2.05) is 30.3 Å². The van der Waals surface area contributed by atoms with Gasteiger partial charge in [-0.25, -0.2) is 13.9 Å². The Balaban J connectivity index is 1.82. The first kappa shape index (κ1) is 17.5. The molecular formula is C19H17FN4O2. The van der Waals surface area contributed by atoms with Crippen LogP contribution in [0.3, 0.4) is 0 Å². The fraction of sp³-hybridized carbons (Fsp3) is 0.158. The lowest BCUT2D eigenvalue weighted by atomic mass is 10.2. The van der Waals surface area contributed by atoms with Crippen molar-refractivity contribution in [3.05, 3.63) is 76.6 Å². The third-order valence-electron chi connectivity index (χ3n) is 3.98. The fourth-order valence-corrected chi connectivity index (χ4v) is 2.48. The number of carbonyl (C=O) groups excluding carboxylic acids is 1. The molecule has 0 aliphatic rings. The van der Waals surface area contributed by atoms with Gasteiger partial charge in [-0.15, -0.1) is 0 Å². The van der Waals surface area contributed by atoms with Crippen molar-refractivity contribution in [3.8, 4) is 11.3 Å². The van der Waals surface area contributed by atoms with Crippen molar-refractivity contribution in [2.24, 2.45) is 0 Å². The van der Waals surface area contributed by atoms with Gasteiger partial charge in [-0.2, -0.15) is 10.1 Å². The molecule has 0 saturated heterocycles. The maximum atomic E-state index is 13.2. The lowest BCUT2D eigenvalue weighted by Crippen LogP contribution is -2.35. The quantitative estimate of drug-likeness (QED) is 0.783. The number of hydrogen-bond donors (Lipinski definition) is 1. The molecule has 0 spiro atoms. The molecule has 2 aromatic carbocycles. The zero-order valence-electron chi connectivity index (χ0n) is 14.3. The van der Waals surface area contributed by atoms with Crippen LogP contribution in [-0.4, -0.2) is 20.7 Å². The highest BCUT2D eigenvalue weighted by atomic mass is 19.1. The molecule has 0 saturated carbocycles. The summed E-state index contributed by atoms with van der Waals surface area (Å²) in [4.78, 5) is 28.7. The molecule has 7 heteroatoms. The second kappa shape index (κ2) is 7.26. The Kier molecular flexibility index (Phi) is 4.88. The first-order chi connectivity index (χ1) is 12.5. The van der Waals surface area contributed by atoms with Crippen LogP contribution in [0.5, 0.6) is 0 Å². The van der Waals surface area contributed by atoms with Gasteiger partial charge in [0.15, 0.2) is 0 Å². The van der Waals surface area contributed by atoms with Crippen LogP contribution >= 0.6 is 0 Å². The molecular weight excluding hydrogens is 335 g/mol. The highest BCUT2D eigenvalue weighted by Gasteiger charge is 2.19. The van der Waals surface area contributed by atoms with Crippen LogP contribution in [0.25, 0.3) is 11.3 Å². The average molecular weight is 352 g/mol. The van der Waals surface area contributed by atoms with Crippen LogP contribution < -0.4 is 11.0 Å². The second-order valence-electron chi connectivity index (χ2n) is 5.86. The Hall–Kier alpha value is -3.35. The smallest absolute Gasteiger partial charge is 0.324 e. The first-order valence-corrected chi connectivity index (χ1v) is 8.04. The molecule has 0 aliphatic carbocycles. The van der Waals surface area contributed by atoms with E-state index in [2.05, 4.69) is 15.4 Å². The predicted octanol–water partition coefficient (Wildman–Crippen LogP) is 2.95. The summed E-state index contributed by atoms with van der Waals surface area (Å²) in [5, 5.41) is 6.75. The van der Waals surface area contributed by atoms with E-state index in [-0.39, 0.29) is 5.82 Å². The normalized spacial score (nSPS) is 11.8. The van der Waals surface area contributed by atoms with E-state index in [4.69, 9.17) is 0 Å². The Morgan fingerprint density at radius 2 is 1.92 bits per heavy atom. The summed E-state index contributed by atoms with van der Waals surface area (Å²) in [6.45, 7) is 3.23. The van der Waals surface area contributed by atoms with Gasteiger partial charge in [-0.3, -0.25) is 4.79 Å². The van der Waals surface area contributed by atoms with Crippen molar-refractivity contribution in [1.29, 1.82) is 0 Å². The third-order valence-corrected chi connectivity index (χ3v) is 3.98. The summed E-state index contributed by atoms with van der Waals surface area (Å²) >= 11 is 0. The van der Waals surface area contributed by atoms with Crippen molar-refractivity contribution in [3.63, 3.8) is 0 Å². The molecule has 1 aromatic heterocycles. The lowest BCUT2D eigenvalue weighted by Gasteiger charge is -2.15. The first-order valence-electron chi connectivity index (χ1n) is 8.04. The number of aromatic nitrogens is 3. The van der Waals surface area contributed by atoms with Crippen molar-refractivity contribution in [1.82, 2.24) is 14.8 Å². The summed E-state index contributed by atoms with van der Waals surface area (Å²) in [6, 6.07) is 12.4. The van der Waals surface area contributed by atoms with Crippen LogP contribution in [0, 0.1) is 12.7 Å². The molecule has 26 heavy (non-hydrogen) atoms. The molecule has 0 fully saturated rings. The molecule has 3 aromatic rings. The average Bonchev–Trinajstić information content (AvgIpc) is 2.64. The molecule has 3 rings (SSSR count). The molecule has 0 radical (unpaired) electrons. The topological polar surface area (TPSA) is 76.9 Å². The Morgan fingerprint density at radius 1 is 1.19 bits per heavy atom. The second-order valence-corrected chi connectivity index (χ2v) is 5.86. The van der Waals surface area contributed by atoms with Gasteiger partial charge in [-0.1, -0.05) is 30.3 Å².